The van der Waals surface area contributed by atoms with Gasteiger partial charge in [-0.2, -0.15) is 5.10 Å². The first-order chi connectivity index (χ1) is 11.7. The molecule has 3 aromatic rings. The van der Waals surface area contributed by atoms with E-state index < -0.39 is 0 Å². The van der Waals surface area contributed by atoms with Gasteiger partial charge in [-0.3, -0.25) is 4.79 Å². The number of aromatic nitrogens is 5. The molecule has 4 heterocycles. The summed E-state index contributed by atoms with van der Waals surface area (Å²) >= 11 is 0. The molecule has 0 radical (unpaired) electrons. The first-order valence-electron chi connectivity index (χ1n) is 8.29. The molecule has 24 heavy (non-hydrogen) atoms. The van der Waals surface area contributed by atoms with E-state index in [1.807, 2.05) is 39.2 Å². The Hall–Kier alpha value is -2.70. The number of piperidine rings is 1. The number of aryl methyl sites for hydroxylation is 1. The van der Waals surface area contributed by atoms with Crippen molar-refractivity contribution >= 4 is 11.6 Å². The monoisotopic (exact) mass is 324 g/mol. The first-order valence-corrected chi connectivity index (χ1v) is 8.29. The first kappa shape index (κ1) is 14.9. The predicted molar refractivity (Wildman–Crippen MR) is 88.3 cm³/mol. The van der Waals surface area contributed by atoms with Crippen molar-refractivity contribution in [3.63, 3.8) is 0 Å². The number of amides is 1. The standard InChI is InChI=1S/C17H20N6O/c1-13-10-14(20-16-5-6-19-23(13)16)15-4-2-3-8-22(15)17(24)11-21-9-7-18-12-21/h5-7,9-10,12,15H,2-4,8,11H2,1H3/t15-/m0/s1. The Bertz CT molecular complexity index is 853. The summed E-state index contributed by atoms with van der Waals surface area (Å²) in [6.45, 7) is 3.12. The summed E-state index contributed by atoms with van der Waals surface area (Å²) in [7, 11) is 0. The highest BCUT2D eigenvalue weighted by atomic mass is 16.2. The zero-order chi connectivity index (χ0) is 16.5. The molecule has 1 amide bonds. The Morgan fingerprint density at radius 2 is 2.25 bits per heavy atom. The molecule has 1 aliphatic rings. The van der Waals surface area contributed by atoms with Gasteiger partial charge < -0.3 is 9.47 Å². The lowest BCUT2D eigenvalue weighted by atomic mass is 9.98. The average molecular weight is 324 g/mol. The van der Waals surface area contributed by atoms with E-state index in [9.17, 15) is 4.79 Å². The zero-order valence-corrected chi connectivity index (χ0v) is 13.7. The Balaban J connectivity index is 1.64. The Kier molecular flexibility index (Phi) is 3.76. The van der Waals surface area contributed by atoms with Crippen molar-refractivity contribution in [3.8, 4) is 0 Å². The summed E-state index contributed by atoms with van der Waals surface area (Å²) in [5.41, 5.74) is 2.82. The molecule has 1 saturated heterocycles. The highest BCUT2D eigenvalue weighted by Crippen LogP contribution is 2.30. The predicted octanol–water partition coefficient (Wildman–Crippen LogP) is 1.99. The zero-order valence-electron chi connectivity index (χ0n) is 13.7. The van der Waals surface area contributed by atoms with Gasteiger partial charge in [-0.15, -0.1) is 0 Å². The van der Waals surface area contributed by atoms with Gasteiger partial charge >= 0.3 is 0 Å². The van der Waals surface area contributed by atoms with Gasteiger partial charge in [0.1, 0.15) is 6.54 Å². The van der Waals surface area contributed by atoms with Gasteiger partial charge in [0, 0.05) is 30.7 Å². The van der Waals surface area contributed by atoms with Crippen LogP contribution < -0.4 is 0 Å². The third-order valence-corrected chi connectivity index (χ3v) is 4.60. The second-order valence-corrected chi connectivity index (χ2v) is 6.26. The van der Waals surface area contributed by atoms with Crippen molar-refractivity contribution < 1.29 is 4.79 Å². The summed E-state index contributed by atoms with van der Waals surface area (Å²) in [5, 5.41) is 4.27. The summed E-state index contributed by atoms with van der Waals surface area (Å²) < 4.78 is 3.64. The number of likely N-dealkylation sites (tertiary alicyclic amines) is 1. The number of carbonyl (C=O) groups excluding carboxylic acids is 1. The maximum Gasteiger partial charge on any atom is 0.243 e. The minimum absolute atomic E-state index is 0.0355. The van der Waals surface area contributed by atoms with Crippen molar-refractivity contribution in [1.29, 1.82) is 0 Å². The number of hydrogen-bond donors (Lipinski definition) is 0. The summed E-state index contributed by atoms with van der Waals surface area (Å²) in [5.74, 6) is 0.116. The van der Waals surface area contributed by atoms with Crippen LogP contribution in [0.15, 0.2) is 37.1 Å². The highest BCUT2D eigenvalue weighted by Gasteiger charge is 2.29. The summed E-state index contributed by atoms with van der Waals surface area (Å²) in [4.78, 5) is 23.5. The van der Waals surface area contributed by atoms with Crippen molar-refractivity contribution in [2.75, 3.05) is 6.54 Å². The molecule has 0 spiro atoms. The number of fused-ring (bicyclic) bond motifs is 1. The van der Waals surface area contributed by atoms with E-state index in [-0.39, 0.29) is 11.9 Å². The molecule has 7 nitrogen and oxygen atoms in total. The molecular weight excluding hydrogens is 304 g/mol. The summed E-state index contributed by atoms with van der Waals surface area (Å²) in [6.07, 6.45) is 10.0. The fourth-order valence-corrected chi connectivity index (χ4v) is 3.43. The molecular formula is C17H20N6O. The molecule has 1 aliphatic heterocycles. The molecule has 0 unspecified atom stereocenters. The number of carbonyl (C=O) groups is 1. The van der Waals surface area contributed by atoms with E-state index in [0.29, 0.717) is 6.54 Å². The van der Waals surface area contributed by atoms with Crippen LogP contribution in [0, 0.1) is 6.92 Å². The third-order valence-electron chi connectivity index (χ3n) is 4.60. The molecule has 4 rings (SSSR count). The van der Waals surface area contributed by atoms with E-state index in [1.165, 1.54) is 0 Å². The molecule has 0 saturated carbocycles. The van der Waals surface area contributed by atoms with Gasteiger partial charge in [-0.25, -0.2) is 14.5 Å². The Labute approximate surface area is 139 Å². The van der Waals surface area contributed by atoms with Crippen LogP contribution in [0.1, 0.15) is 36.7 Å². The Morgan fingerprint density at radius 1 is 1.33 bits per heavy atom. The van der Waals surface area contributed by atoms with Crippen LogP contribution in [0.25, 0.3) is 5.65 Å². The topological polar surface area (TPSA) is 68.3 Å². The number of rotatable bonds is 3. The molecule has 1 fully saturated rings. The van der Waals surface area contributed by atoms with Gasteiger partial charge in [0.25, 0.3) is 0 Å². The van der Waals surface area contributed by atoms with Gasteiger partial charge in [-0.05, 0) is 32.3 Å². The quantitative estimate of drug-likeness (QED) is 0.739. The van der Waals surface area contributed by atoms with E-state index in [2.05, 4.69) is 10.1 Å². The van der Waals surface area contributed by atoms with Crippen molar-refractivity contribution in [2.24, 2.45) is 0 Å². The molecule has 1 atom stereocenters. The normalized spacial score (nSPS) is 18.2. The molecule has 0 N–H and O–H groups in total. The molecule has 0 aliphatic carbocycles. The lowest BCUT2D eigenvalue weighted by Crippen LogP contribution is -2.40. The minimum atomic E-state index is 0.0355. The van der Waals surface area contributed by atoms with Crippen molar-refractivity contribution in [3.05, 3.63) is 48.4 Å². The molecule has 7 heteroatoms. The van der Waals surface area contributed by atoms with Gasteiger partial charge in [0.2, 0.25) is 5.91 Å². The molecule has 0 aromatic carbocycles. The van der Waals surface area contributed by atoms with Gasteiger partial charge in [-0.1, -0.05) is 0 Å². The van der Waals surface area contributed by atoms with Crippen LogP contribution >= 0.6 is 0 Å². The maximum absolute atomic E-state index is 12.8. The lowest BCUT2D eigenvalue weighted by molar-refractivity contribution is -0.135. The van der Waals surface area contributed by atoms with Crippen molar-refractivity contribution in [2.45, 2.75) is 38.8 Å². The van der Waals surface area contributed by atoms with E-state index >= 15 is 0 Å². The van der Waals surface area contributed by atoms with Crippen LogP contribution in [0.2, 0.25) is 0 Å². The van der Waals surface area contributed by atoms with Crippen LogP contribution in [0.4, 0.5) is 0 Å². The fourth-order valence-electron chi connectivity index (χ4n) is 3.43. The molecule has 3 aromatic heterocycles. The van der Waals surface area contributed by atoms with Crippen LogP contribution in [0.3, 0.4) is 0 Å². The fraction of sp³-hybridized carbons (Fsp3) is 0.412. The molecule has 124 valence electrons. The van der Waals surface area contributed by atoms with Crippen LogP contribution in [-0.2, 0) is 11.3 Å². The van der Waals surface area contributed by atoms with E-state index in [0.717, 1.165) is 42.8 Å². The SMILES string of the molecule is Cc1cc([C@@H]2CCCCN2C(=O)Cn2ccnc2)nc2ccnn12. The lowest BCUT2D eigenvalue weighted by Gasteiger charge is -2.35. The second kappa shape index (κ2) is 6.07. The molecule has 0 bridgehead atoms. The van der Waals surface area contributed by atoms with Crippen molar-refractivity contribution in [1.82, 2.24) is 29.0 Å². The Morgan fingerprint density at radius 3 is 3.08 bits per heavy atom. The largest absolute Gasteiger partial charge is 0.333 e. The highest BCUT2D eigenvalue weighted by molar-refractivity contribution is 5.76. The number of nitrogens with zero attached hydrogens (tertiary/aromatic N) is 6. The average Bonchev–Trinajstić information content (AvgIpc) is 3.26. The van der Waals surface area contributed by atoms with Crippen LogP contribution in [0.5, 0.6) is 0 Å². The van der Waals surface area contributed by atoms with Gasteiger partial charge in [0.15, 0.2) is 5.65 Å². The number of imidazole rings is 1. The summed E-state index contributed by atoms with van der Waals surface area (Å²) in [6, 6.07) is 3.98. The minimum Gasteiger partial charge on any atom is -0.333 e. The number of hydrogen-bond acceptors (Lipinski definition) is 4. The second-order valence-electron chi connectivity index (χ2n) is 6.26. The smallest absolute Gasteiger partial charge is 0.243 e. The van der Waals surface area contributed by atoms with E-state index in [1.54, 1.807) is 18.7 Å². The van der Waals surface area contributed by atoms with Crippen LogP contribution in [-0.4, -0.2) is 41.5 Å². The third kappa shape index (κ3) is 2.66. The van der Waals surface area contributed by atoms with E-state index in [4.69, 9.17) is 4.98 Å². The van der Waals surface area contributed by atoms with Gasteiger partial charge in [0.05, 0.1) is 24.3 Å². The maximum atomic E-state index is 12.8.